The summed E-state index contributed by atoms with van der Waals surface area (Å²) in [6.07, 6.45) is 0.826. The maximum Gasteiger partial charge on any atom is 0.260 e. The molecule has 1 saturated heterocycles. The first-order valence-corrected chi connectivity index (χ1v) is 11.1. The van der Waals surface area contributed by atoms with Crippen LogP contribution in [0.2, 0.25) is 0 Å². The number of nitrogens with zero attached hydrogens (tertiary/aromatic N) is 3. The van der Waals surface area contributed by atoms with Crippen molar-refractivity contribution in [1.82, 2.24) is 9.88 Å². The number of carbonyl (C=O) groups is 1. The standard InChI is InChI=1S/C21H21BrFN3O2S.ClH/c22-16-4-7-18-19(14-16)29-21(24-18)26(9-1-8-25-10-12-28-13-11-25)20(27)15-2-5-17(23)6-3-15;/h2-7,14H,1,8-13H2;1H. The Hall–Kier alpha value is -1.58. The van der Waals surface area contributed by atoms with Gasteiger partial charge in [0.05, 0.1) is 23.4 Å². The van der Waals surface area contributed by atoms with Crippen LogP contribution >= 0.6 is 39.7 Å². The smallest absolute Gasteiger partial charge is 0.260 e. The normalized spacial score (nSPS) is 14.5. The van der Waals surface area contributed by atoms with Crippen molar-refractivity contribution >= 4 is 60.9 Å². The summed E-state index contributed by atoms with van der Waals surface area (Å²) in [6, 6.07) is 11.6. The summed E-state index contributed by atoms with van der Waals surface area (Å²) >= 11 is 4.97. The fourth-order valence-electron chi connectivity index (χ4n) is 3.31. The van der Waals surface area contributed by atoms with Crippen LogP contribution in [0.15, 0.2) is 46.9 Å². The number of thiazole rings is 1. The first-order valence-electron chi connectivity index (χ1n) is 9.54. The number of fused-ring (bicyclic) bond motifs is 1. The van der Waals surface area contributed by atoms with Crippen LogP contribution in [0.25, 0.3) is 10.2 Å². The molecule has 30 heavy (non-hydrogen) atoms. The SMILES string of the molecule is Cl.O=C(c1ccc(F)cc1)N(CCCN1CCOCC1)c1nc2ccc(Br)cc2s1. The number of benzene rings is 2. The minimum Gasteiger partial charge on any atom is -0.379 e. The van der Waals surface area contributed by atoms with Crippen molar-refractivity contribution in [2.45, 2.75) is 6.42 Å². The summed E-state index contributed by atoms with van der Waals surface area (Å²) in [5, 5.41) is 0.661. The van der Waals surface area contributed by atoms with E-state index in [1.54, 1.807) is 4.90 Å². The number of rotatable bonds is 6. The predicted octanol–water partition coefficient (Wildman–Crippen LogP) is 4.99. The number of anilines is 1. The van der Waals surface area contributed by atoms with Crippen molar-refractivity contribution in [2.24, 2.45) is 0 Å². The molecule has 1 aliphatic heterocycles. The van der Waals surface area contributed by atoms with E-state index in [0.717, 1.165) is 54.0 Å². The third-order valence-electron chi connectivity index (χ3n) is 4.87. The van der Waals surface area contributed by atoms with Gasteiger partial charge >= 0.3 is 0 Å². The maximum atomic E-state index is 13.3. The Morgan fingerprint density at radius 3 is 2.67 bits per heavy atom. The van der Waals surface area contributed by atoms with Crippen LogP contribution in [0.1, 0.15) is 16.8 Å². The number of halogens is 3. The largest absolute Gasteiger partial charge is 0.379 e. The van der Waals surface area contributed by atoms with Gasteiger partial charge in [-0.25, -0.2) is 9.37 Å². The molecule has 1 aromatic heterocycles. The summed E-state index contributed by atoms with van der Waals surface area (Å²) in [7, 11) is 0. The van der Waals surface area contributed by atoms with Crippen LogP contribution in [-0.4, -0.2) is 55.2 Å². The molecule has 1 fully saturated rings. The molecule has 0 atom stereocenters. The highest BCUT2D eigenvalue weighted by molar-refractivity contribution is 9.10. The van der Waals surface area contributed by atoms with Crippen LogP contribution in [0.4, 0.5) is 9.52 Å². The molecule has 0 saturated carbocycles. The molecule has 1 aliphatic rings. The van der Waals surface area contributed by atoms with Gasteiger partial charge in [0, 0.05) is 36.2 Å². The molecule has 0 aliphatic carbocycles. The molecule has 4 rings (SSSR count). The van der Waals surface area contributed by atoms with Crippen LogP contribution in [0, 0.1) is 5.82 Å². The lowest BCUT2D eigenvalue weighted by molar-refractivity contribution is 0.0376. The third-order valence-corrected chi connectivity index (χ3v) is 6.40. The molecule has 0 spiro atoms. The van der Waals surface area contributed by atoms with Gasteiger partial charge in [0.2, 0.25) is 0 Å². The Bertz CT molecular complexity index is 996. The van der Waals surface area contributed by atoms with Gasteiger partial charge in [0.15, 0.2) is 5.13 Å². The average molecular weight is 515 g/mol. The molecule has 2 aromatic carbocycles. The molecule has 0 unspecified atom stereocenters. The molecule has 2 heterocycles. The van der Waals surface area contributed by atoms with Crippen molar-refractivity contribution in [1.29, 1.82) is 0 Å². The second-order valence-corrected chi connectivity index (χ2v) is 8.80. The topological polar surface area (TPSA) is 45.7 Å². The zero-order chi connectivity index (χ0) is 20.2. The first kappa shape index (κ1) is 23.1. The Labute approximate surface area is 193 Å². The second-order valence-electron chi connectivity index (χ2n) is 6.88. The van der Waals surface area contributed by atoms with Crippen molar-refractivity contribution in [3.8, 4) is 0 Å². The zero-order valence-corrected chi connectivity index (χ0v) is 19.4. The fraction of sp³-hybridized carbons (Fsp3) is 0.333. The Kier molecular flexibility index (Phi) is 8.19. The molecule has 0 N–H and O–H groups in total. The first-order chi connectivity index (χ1) is 14.1. The van der Waals surface area contributed by atoms with E-state index in [2.05, 4.69) is 25.8 Å². The van der Waals surface area contributed by atoms with Crippen molar-refractivity contribution in [3.63, 3.8) is 0 Å². The number of morpholine rings is 1. The number of ether oxygens (including phenoxy) is 1. The molecule has 9 heteroatoms. The van der Waals surface area contributed by atoms with E-state index < -0.39 is 0 Å². The highest BCUT2D eigenvalue weighted by Gasteiger charge is 2.22. The fourth-order valence-corrected chi connectivity index (χ4v) is 4.85. The van der Waals surface area contributed by atoms with Gasteiger partial charge in [-0.15, -0.1) is 12.4 Å². The van der Waals surface area contributed by atoms with E-state index in [1.807, 2.05) is 18.2 Å². The van der Waals surface area contributed by atoms with Crippen molar-refractivity contribution in [3.05, 3.63) is 58.3 Å². The van der Waals surface area contributed by atoms with Crippen LogP contribution in [-0.2, 0) is 4.74 Å². The molecular weight excluding hydrogens is 493 g/mol. The van der Waals surface area contributed by atoms with Crippen LogP contribution < -0.4 is 4.90 Å². The molecular formula is C21H22BrClFN3O2S. The van der Waals surface area contributed by atoms with E-state index in [9.17, 15) is 9.18 Å². The van der Waals surface area contributed by atoms with E-state index >= 15 is 0 Å². The molecule has 160 valence electrons. The van der Waals surface area contributed by atoms with Gasteiger partial charge in [0.1, 0.15) is 5.82 Å². The molecule has 1 amide bonds. The lowest BCUT2D eigenvalue weighted by Gasteiger charge is -2.27. The second kappa shape index (κ2) is 10.6. The highest BCUT2D eigenvalue weighted by Crippen LogP contribution is 2.31. The van der Waals surface area contributed by atoms with E-state index in [0.29, 0.717) is 17.2 Å². The monoisotopic (exact) mass is 513 g/mol. The summed E-state index contributed by atoms with van der Waals surface area (Å²) in [4.78, 5) is 21.9. The summed E-state index contributed by atoms with van der Waals surface area (Å²) < 4.78 is 20.7. The van der Waals surface area contributed by atoms with Gasteiger partial charge < -0.3 is 4.74 Å². The molecule has 5 nitrogen and oxygen atoms in total. The summed E-state index contributed by atoms with van der Waals surface area (Å²) in [5.74, 6) is -0.518. The Morgan fingerprint density at radius 1 is 1.20 bits per heavy atom. The van der Waals surface area contributed by atoms with E-state index in [-0.39, 0.29) is 24.1 Å². The molecule has 0 radical (unpaired) electrons. The van der Waals surface area contributed by atoms with E-state index in [1.165, 1.54) is 35.6 Å². The van der Waals surface area contributed by atoms with Crippen molar-refractivity contribution < 1.29 is 13.9 Å². The van der Waals surface area contributed by atoms with Gasteiger partial charge in [-0.1, -0.05) is 27.3 Å². The lowest BCUT2D eigenvalue weighted by atomic mass is 10.2. The lowest BCUT2D eigenvalue weighted by Crippen LogP contribution is -2.39. The Balaban J connectivity index is 0.00000256. The van der Waals surface area contributed by atoms with Gasteiger partial charge in [-0.3, -0.25) is 14.6 Å². The van der Waals surface area contributed by atoms with Gasteiger partial charge in [-0.2, -0.15) is 0 Å². The Morgan fingerprint density at radius 2 is 1.93 bits per heavy atom. The number of hydrogen-bond acceptors (Lipinski definition) is 5. The average Bonchev–Trinajstić information content (AvgIpc) is 3.15. The van der Waals surface area contributed by atoms with Crippen LogP contribution in [0.5, 0.6) is 0 Å². The minimum atomic E-state index is -0.356. The van der Waals surface area contributed by atoms with E-state index in [4.69, 9.17) is 4.74 Å². The maximum absolute atomic E-state index is 13.3. The summed E-state index contributed by atoms with van der Waals surface area (Å²) in [5.41, 5.74) is 1.32. The quantitative estimate of drug-likeness (QED) is 0.465. The number of amides is 1. The summed E-state index contributed by atoms with van der Waals surface area (Å²) in [6.45, 7) is 4.79. The zero-order valence-electron chi connectivity index (χ0n) is 16.2. The number of hydrogen-bond donors (Lipinski definition) is 0. The minimum absolute atomic E-state index is 0. The third kappa shape index (κ3) is 5.56. The molecule has 0 bridgehead atoms. The molecule has 3 aromatic rings. The highest BCUT2D eigenvalue weighted by atomic mass is 79.9. The van der Waals surface area contributed by atoms with Gasteiger partial charge in [0.25, 0.3) is 5.91 Å². The predicted molar refractivity (Wildman–Crippen MR) is 125 cm³/mol. The number of carbonyl (C=O) groups excluding carboxylic acids is 1. The van der Waals surface area contributed by atoms with Crippen molar-refractivity contribution in [2.75, 3.05) is 44.3 Å². The van der Waals surface area contributed by atoms with Gasteiger partial charge in [-0.05, 0) is 48.9 Å². The number of aromatic nitrogens is 1. The van der Waals surface area contributed by atoms with Crippen LogP contribution in [0.3, 0.4) is 0 Å².